The van der Waals surface area contributed by atoms with Gasteiger partial charge in [0.25, 0.3) is 0 Å². The second-order valence-corrected chi connectivity index (χ2v) is 5.05. The molecular formula is C19H22N2O. The monoisotopic (exact) mass is 294 g/mol. The van der Waals surface area contributed by atoms with Gasteiger partial charge in [-0.25, -0.2) is 0 Å². The van der Waals surface area contributed by atoms with E-state index in [0.29, 0.717) is 6.42 Å². The summed E-state index contributed by atoms with van der Waals surface area (Å²) in [5.41, 5.74) is 8.97. The lowest BCUT2D eigenvalue weighted by molar-refractivity contribution is -0.121. The Bertz CT molecular complexity index is 606. The zero-order valence-corrected chi connectivity index (χ0v) is 12.9. The molecule has 2 N–H and O–H groups in total. The Kier molecular flexibility index (Phi) is 6.24. The average Bonchev–Trinajstić information content (AvgIpc) is 2.58. The molecule has 1 amide bonds. The van der Waals surface area contributed by atoms with E-state index in [1.165, 1.54) is 5.56 Å². The van der Waals surface area contributed by atoms with Crippen LogP contribution in [0.5, 0.6) is 0 Å². The van der Waals surface area contributed by atoms with Gasteiger partial charge in [-0.15, -0.1) is 0 Å². The SMILES string of the molecule is CC/C=C(\NNC(=O)CCc1ccccc1)c1ccccc1. The minimum atomic E-state index is -0.0122. The molecule has 114 valence electrons. The molecule has 2 aromatic carbocycles. The number of hydrogen-bond donors (Lipinski definition) is 2. The highest BCUT2D eigenvalue weighted by molar-refractivity contribution is 5.77. The van der Waals surface area contributed by atoms with Crippen molar-refractivity contribution in [2.24, 2.45) is 0 Å². The zero-order valence-electron chi connectivity index (χ0n) is 12.9. The first kappa shape index (κ1) is 15.8. The summed E-state index contributed by atoms with van der Waals surface area (Å²) < 4.78 is 0. The Morgan fingerprint density at radius 2 is 1.59 bits per heavy atom. The van der Waals surface area contributed by atoms with Crippen LogP contribution >= 0.6 is 0 Å². The summed E-state index contributed by atoms with van der Waals surface area (Å²) >= 11 is 0. The fraction of sp³-hybridized carbons (Fsp3) is 0.211. The summed E-state index contributed by atoms with van der Waals surface area (Å²) in [6.07, 6.45) is 4.17. The molecule has 3 nitrogen and oxygen atoms in total. The van der Waals surface area contributed by atoms with E-state index in [1.807, 2.05) is 60.7 Å². The quantitative estimate of drug-likeness (QED) is 0.765. The predicted octanol–water partition coefficient (Wildman–Crippen LogP) is 3.69. The molecule has 0 spiro atoms. The van der Waals surface area contributed by atoms with Gasteiger partial charge in [0.15, 0.2) is 0 Å². The first-order valence-electron chi connectivity index (χ1n) is 7.64. The summed E-state index contributed by atoms with van der Waals surface area (Å²) in [4.78, 5) is 12.0. The minimum absolute atomic E-state index is 0.0122. The summed E-state index contributed by atoms with van der Waals surface area (Å²) in [5.74, 6) is -0.0122. The molecule has 3 heteroatoms. The third kappa shape index (κ3) is 5.09. The number of amides is 1. The molecule has 0 saturated carbocycles. The van der Waals surface area contributed by atoms with E-state index in [2.05, 4.69) is 23.9 Å². The predicted molar refractivity (Wildman–Crippen MR) is 90.8 cm³/mol. The number of carbonyl (C=O) groups excluding carboxylic acids is 1. The first-order valence-corrected chi connectivity index (χ1v) is 7.64. The topological polar surface area (TPSA) is 41.1 Å². The minimum Gasteiger partial charge on any atom is -0.298 e. The number of rotatable bonds is 7. The van der Waals surface area contributed by atoms with E-state index in [-0.39, 0.29) is 5.91 Å². The fourth-order valence-electron chi connectivity index (χ4n) is 2.16. The number of allylic oxidation sites excluding steroid dienone is 1. The molecule has 0 aliphatic rings. The van der Waals surface area contributed by atoms with Crippen molar-refractivity contribution in [2.75, 3.05) is 0 Å². The second-order valence-electron chi connectivity index (χ2n) is 5.05. The van der Waals surface area contributed by atoms with Gasteiger partial charge < -0.3 is 0 Å². The molecule has 0 saturated heterocycles. The molecule has 0 atom stereocenters. The van der Waals surface area contributed by atoms with E-state index < -0.39 is 0 Å². The van der Waals surface area contributed by atoms with Crippen molar-refractivity contribution in [1.29, 1.82) is 0 Å². The Balaban J connectivity index is 1.85. The third-order valence-electron chi connectivity index (χ3n) is 3.31. The Labute approximate surface area is 132 Å². The van der Waals surface area contributed by atoms with E-state index in [4.69, 9.17) is 0 Å². The maximum atomic E-state index is 12.0. The number of carbonyl (C=O) groups is 1. The van der Waals surface area contributed by atoms with Crippen LogP contribution in [-0.2, 0) is 11.2 Å². The molecule has 22 heavy (non-hydrogen) atoms. The van der Waals surface area contributed by atoms with Gasteiger partial charge in [-0.05, 0) is 24.0 Å². The highest BCUT2D eigenvalue weighted by atomic mass is 16.2. The van der Waals surface area contributed by atoms with Crippen LogP contribution in [0.3, 0.4) is 0 Å². The maximum Gasteiger partial charge on any atom is 0.238 e. The van der Waals surface area contributed by atoms with Crippen LogP contribution in [0.4, 0.5) is 0 Å². The fourth-order valence-corrected chi connectivity index (χ4v) is 2.16. The van der Waals surface area contributed by atoms with Crippen LogP contribution in [0.25, 0.3) is 5.70 Å². The van der Waals surface area contributed by atoms with Gasteiger partial charge in [-0.1, -0.05) is 73.7 Å². The van der Waals surface area contributed by atoms with E-state index in [9.17, 15) is 4.79 Å². The molecule has 0 radical (unpaired) electrons. The number of aryl methyl sites for hydroxylation is 1. The van der Waals surface area contributed by atoms with Crippen LogP contribution in [0.1, 0.15) is 30.9 Å². The lowest BCUT2D eigenvalue weighted by atomic mass is 10.1. The highest BCUT2D eigenvalue weighted by Gasteiger charge is 2.04. The van der Waals surface area contributed by atoms with Crippen LogP contribution < -0.4 is 10.9 Å². The van der Waals surface area contributed by atoms with Crippen molar-refractivity contribution in [3.63, 3.8) is 0 Å². The van der Waals surface area contributed by atoms with Crippen molar-refractivity contribution in [2.45, 2.75) is 26.2 Å². The van der Waals surface area contributed by atoms with Gasteiger partial charge in [0.05, 0.1) is 5.70 Å². The summed E-state index contributed by atoms with van der Waals surface area (Å²) in [6.45, 7) is 2.07. The second kappa shape index (κ2) is 8.67. The zero-order chi connectivity index (χ0) is 15.6. The highest BCUT2D eigenvalue weighted by Crippen LogP contribution is 2.10. The van der Waals surface area contributed by atoms with Crippen LogP contribution in [0, 0.1) is 0 Å². The van der Waals surface area contributed by atoms with Crippen molar-refractivity contribution in [3.05, 3.63) is 77.9 Å². The molecular weight excluding hydrogens is 272 g/mol. The van der Waals surface area contributed by atoms with Gasteiger partial charge in [0.2, 0.25) is 5.91 Å². The smallest absolute Gasteiger partial charge is 0.238 e. The summed E-state index contributed by atoms with van der Waals surface area (Å²) in [7, 11) is 0. The third-order valence-corrected chi connectivity index (χ3v) is 3.31. The molecule has 0 fully saturated rings. The maximum absolute atomic E-state index is 12.0. The Morgan fingerprint density at radius 3 is 2.23 bits per heavy atom. The first-order chi connectivity index (χ1) is 10.8. The molecule has 0 aliphatic heterocycles. The van der Waals surface area contributed by atoms with E-state index >= 15 is 0 Å². The van der Waals surface area contributed by atoms with Crippen molar-refractivity contribution < 1.29 is 4.79 Å². The van der Waals surface area contributed by atoms with E-state index in [0.717, 1.165) is 24.1 Å². The molecule has 0 unspecified atom stereocenters. The molecule has 2 rings (SSSR count). The van der Waals surface area contributed by atoms with Crippen molar-refractivity contribution >= 4 is 11.6 Å². The van der Waals surface area contributed by atoms with Crippen LogP contribution in [0.15, 0.2) is 66.7 Å². The molecule has 2 aromatic rings. The number of hydrogen-bond acceptors (Lipinski definition) is 2. The van der Waals surface area contributed by atoms with Gasteiger partial charge in [0.1, 0.15) is 0 Å². The largest absolute Gasteiger partial charge is 0.298 e. The van der Waals surface area contributed by atoms with Crippen LogP contribution in [0.2, 0.25) is 0 Å². The van der Waals surface area contributed by atoms with Gasteiger partial charge in [-0.3, -0.25) is 15.6 Å². The standard InChI is InChI=1S/C19H22N2O/c1-2-9-18(17-12-7-4-8-13-17)20-21-19(22)15-14-16-10-5-3-6-11-16/h3-13,20H,2,14-15H2,1H3,(H,21,22)/b18-9-. The molecule has 0 heterocycles. The van der Waals surface area contributed by atoms with Crippen LogP contribution in [-0.4, -0.2) is 5.91 Å². The Hall–Kier alpha value is -2.55. The average molecular weight is 294 g/mol. The lowest BCUT2D eigenvalue weighted by Gasteiger charge is -2.12. The molecule has 0 bridgehead atoms. The normalized spacial score (nSPS) is 11.0. The summed E-state index contributed by atoms with van der Waals surface area (Å²) in [6, 6.07) is 20.0. The Morgan fingerprint density at radius 1 is 0.955 bits per heavy atom. The summed E-state index contributed by atoms with van der Waals surface area (Å²) in [5, 5.41) is 0. The van der Waals surface area contributed by atoms with E-state index in [1.54, 1.807) is 0 Å². The molecule has 0 aliphatic carbocycles. The van der Waals surface area contributed by atoms with Gasteiger partial charge in [-0.2, -0.15) is 0 Å². The number of nitrogens with one attached hydrogen (secondary N) is 2. The van der Waals surface area contributed by atoms with Gasteiger partial charge >= 0.3 is 0 Å². The number of hydrazine groups is 1. The number of benzene rings is 2. The van der Waals surface area contributed by atoms with Crippen molar-refractivity contribution in [1.82, 2.24) is 10.9 Å². The molecule has 0 aromatic heterocycles. The van der Waals surface area contributed by atoms with Crippen molar-refractivity contribution in [3.8, 4) is 0 Å². The van der Waals surface area contributed by atoms with Gasteiger partial charge in [0, 0.05) is 6.42 Å². The lowest BCUT2D eigenvalue weighted by Crippen LogP contribution is -2.36.